The van der Waals surface area contributed by atoms with Crippen molar-refractivity contribution >= 4 is 40.5 Å². The smallest absolute Gasteiger partial charge is 0.363 e. The van der Waals surface area contributed by atoms with Gasteiger partial charge >= 0.3 is 6.18 Å². The van der Waals surface area contributed by atoms with Crippen LogP contribution in [-0.2, 0) is 11.0 Å². The van der Waals surface area contributed by atoms with E-state index in [1.807, 2.05) is 6.92 Å². The second-order valence-corrected chi connectivity index (χ2v) is 5.98. The molecule has 1 rings (SSSR count). The highest BCUT2D eigenvalue weighted by Crippen LogP contribution is 2.36. The highest BCUT2D eigenvalue weighted by Gasteiger charge is 2.33. The number of likely N-dealkylation sites (N-methyl/N-ethyl adjacent to an activating group) is 1. The molecule has 0 saturated heterocycles. The summed E-state index contributed by atoms with van der Waals surface area (Å²) in [6, 6.07) is 3.21. The minimum Gasteiger partial charge on any atom is -0.363 e. The van der Waals surface area contributed by atoms with Gasteiger partial charge in [-0.25, -0.2) is 0 Å². The molecule has 0 aliphatic rings. The van der Waals surface area contributed by atoms with E-state index in [1.54, 1.807) is 7.05 Å². The lowest BCUT2D eigenvalue weighted by Gasteiger charge is -2.20. The molecule has 0 heterocycles. The summed E-state index contributed by atoms with van der Waals surface area (Å²) in [5, 5.41) is 5.40. The molecule has 0 atom stereocenters. The fraction of sp³-hybridized carbons (Fsp3) is 0.467. The summed E-state index contributed by atoms with van der Waals surface area (Å²) in [5.74, 6) is -0.479. The average molecular weight is 382 g/mol. The molecule has 0 spiro atoms. The van der Waals surface area contributed by atoms with Crippen molar-refractivity contribution in [2.45, 2.75) is 25.9 Å². The number of carbonyl (C=O) groups excluding carboxylic acids is 1. The van der Waals surface area contributed by atoms with E-state index in [1.165, 1.54) is 11.0 Å². The maximum atomic E-state index is 12.8. The van der Waals surface area contributed by atoms with Gasteiger partial charge in [0, 0.05) is 19.3 Å². The predicted molar refractivity (Wildman–Crippen MR) is 93.2 cm³/mol. The first-order chi connectivity index (χ1) is 11.1. The van der Waals surface area contributed by atoms with Crippen LogP contribution in [0.3, 0.4) is 0 Å². The third-order valence-corrected chi connectivity index (χ3v) is 3.88. The standard InChI is InChI=1S/C15H19ClF3N3OS/c1-3-4-7-20-14(24)22(2)9-13(23)21-10-5-6-12(16)11(8-10)15(17,18)19/h5-6,8H,3-4,7,9H2,1-2H3,(H,20,24)(H,21,23). The number of hydrogen-bond acceptors (Lipinski definition) is 2. The number of nitrogens with zero attached hydrogens (tertiary/aromatic N) is 1. The molecular formula is C15H19ClF3N3OS. The van der Waals surface area contributed by atoms with Crippen LogP contribution < -0.4 is 10.6 Å². The molecule has 0 unspecified atom stereocenters. The number of benzene rings is 1. The van der Waals surface area contributed by atoms with Crippen molar-refractivity contribution in [1.82, 2.24) is 10.2 Å². The van der Waals surface area contributed by atoms with Crippen LogP contribution in [0, 0.1) is 0 Å². The molecule has 1 aromatic rings. The number of alkyl halides is 3. The molecule has 4 nitrogen and oxygen atoms in total. The van der Waals surface area contributed by atoms with Crippen molar-refractivity contribution in [3.63, 3.8) is 0 Å². The van der Waals surface area contributed by atoms with Crippen molar-refractivity contribution in [2.24, 2.45) is 0 Å². The van der Waals surface area contributed by atoms with Crippen LogP contribution >= 0.6 is 23.8 Å². The van der Waals surface area contributed by atoms with Crippen molar-refractivity contribution < 1.29 is 18.0 Å². The molecule has 0 aliphatic heterocycles. The van der Waals surface area contributed by atoms with Gasteiger partial charge in [-0.2, -0.15) is 13.2 Å². The molecule has 24 heavy (non-hydrogen) atoms. The Labute approximate surface area is 149 Å². The molecule has 0 fully saturated rings. The number of hydrogen-bond donors (Lipinski definition) is 2. The molecule has 1 amide bonds. The Bertz CT molecular complexity index is 596. The highest BCUT2D eigenvalue weighted by atomic mass is 35.5. The lowest BCUT2D eigenvalue weighted by Crippen LogP contribution is -2.41. The molecule has 2 N–H and O–H groups in total. The summed E-state index contributed by atoms with van der Waals surface area (Å²) in [6.07, 6.45) is -2.62. The maximum Gasteiger partial charge on any atom is 0.417 e. The maximum absolute atomic E-state index is 12.8. The predicted octanol–water partition coefficient (Wildman–Crippen LogP) is 3.90. The minimum atomic E-state index is -4.58. The van der Waals surface area contributed by atoms with E-state index in [2.05, 4.69) is 10.6 Å². The Hall–Kier alpha value is -1.54. The van der Waals surface area contributed by atoms with E-state index >= 15 is 0 Å². The van der Waals surface area contributed by atoms with Crippen LogP contribution in [0.25, 0.3) is 0 Å². The zero-order valence-electron chi connectivity index (χ0n) is 13.3. The van der Waals surface area contributed by atoms with E-state index < -0.39 is 22.7 Å². The van der Waals surface area contributed by atoms with Crippen molar-refractivity contribution in [3.8, 4) is 0 Å². The van der Waals surface area contributed by atoms with Gasteiger partial charge in [-0.15, -0.1) is 0 Å². The SMILES string of the molecule is CCCCNC(=S)N(C)CC(=O)Nc1ccc(Cl)c(C(F)(F)F)c1. The topological polar surface area (TPSA) is 44.4 Å². The van der Waals surface area contributed by atoms with Crippen molar-refractivity contribution in [2.75, 3.05) is 25.5 Å². The third-order valence-electron chi connectivity index (χ3n) is 3.09. The Morgan fingerprint density at radius 2 is 2.04 bits per heavy atom. The van der Waals surface area contributed by atoms with Crippen molar-refractivity contribution in [3.05, 3.63) is 28.8 Å². The number of carbonyl (C=O) groups is 1. The minimum absolute atomic E-state index is 0.0231. The largest absolute Gasteiger partial charge is 0.417 e. The lowest BCUT2D eigenvalue weighted by molar-refractivity contribution is -0.137. The Kier molecular flexibility index (Phi) is 7.75. The monoisotopic (exact) mass is 381 g/mol. The van der Waals surface area contributed by atoms with Gasteiger partial charge in [-0.05, 0) is 36.8 Å². The molecule has 0 aromatic heterocycles. The van der Waals surface area contributed by atoms with Crippen LogP contribution in [-0.4, -0.2) is 36.1 Å². The highest BCUT2D eigenvalue weighted by molar-refractivity contribution is 7.80. The average Bonchev–Trinajstić information content (AvgIpc) is 2.48. The Balaban J connectivity index is 2.64. The lowest BCUT2D eigenvalue weighted by atomic mass is 10.2. The van der Waals surface area contributed by atoms with E-state index in [-0.39, 0.29) is 12.2 Å². The van der Waals surface area contributed by atoms with Gasteiger partial charge in [0.15, 0.2) is 5.11 Å². The number of amides is 1. The van der Waals surface area contributed by atoms with Crippen LogP contribution in [0.5, 0.6) is 0 Å². The zero-order chi connectivity index (χ0) is 18.3. The van der Waals surface area contributed by atoms with Gasteiger partial charge < -0.3 is 15.5 Å². The summed E-state index contributed by atoms with van der Waals surface area (Å²) >= 11 is 10.7. The number of thiocarbonyl (C=S) groups is 1. The zero-order valence-corrected chi connectivity index (χ0v) is 14.9. The van der Waals surface area contributed by atoms with E-state index in [0.29, 0.717) is 11.7 Å². The number of halogens is 4. The summed E-state index contributed by atoms with van der Waals surface area (Å²) in [7, 11) is 1.63. The molecule has 134 valence electrons. The van der Waals surface area contributed by atoms with Gasteiger partial charge in [-0.1, -0.05) is 24.9 Å². The second kappa shape index (κ2) is 9.08. The van der Waals surface area contributed by atoms with Gasteiger partial charge in [0.25, 0.3) is 0 Å². The molecular weight excluding hydrogens is 363 g/mol. The molecule has 9 heteroatoms. The van der Waals surface area contributed by atoms with Gasteiger partial charge in [0.05, 0.1) is 17.1 Å². The van der Waals surface area contributed by atoms with Crippen LogP contribution in [0.15, 0.2) is 18.2 Å². The number of rotatable bonds is 6. The van der Waals surface area contributed by atoms with Gasteiger partial charge in [-0.3, -0.25) is 4.79 Å². The fourth-order valence-electron chi connectivity index (χ4n) is 1.82. The third kappa shape index (κ3) is 6.52. The van der Waals surface area contributed by atoms with E-state index in [4.69, 9.17) is 23.8 Å². The first-order valence-corrected chi connectivity index (χ1v) is 8.09. The van der Waals surface area contributed by atoms with E-state index in [9.17, 15) is 18.0 Å². The Morgan fingerprint density at radius 1 is 1.38 bits per heavy atom. The first kappa shape index (κ1) is 20.5. The molecule has 0 bridgehead atoms. The molecule has 0 radical (unpaired) electrons. The summed E-state index contributed by atoms with van der Waals surface area (Å²) < 4.78 is 38.4. The quantitative estimate of drug-likeness (QED) is 0.579. The number of unbranched alkanes of at least 4 members (excludes halogenated alkanes) is 1. The van der Waals surface area contributed by atoms with Crippen molar-refractivity contribution in [1.29, 1.82) is 0 Å². The number of anilines is 1. The molecule has 0 saturated carbocycles. The summed E-state index contributed by atoms with van der Waals surface area (Å²) in [5.41, 5.74) is -0.970. The second-order valence-electron chi connectivity index (χ2n) is 5.18. The normalized spacial score (nSPS) is 11.1. The van der Waals surface area contributed by atoms with E-state index in [0.717, 1.165) is 25.0 Å². The molecule has 1 aromatic carbocycles. The van der Waals surface area contributed by atoms with Crippen LogP contribution in [0.4, 0.5) is 18.9 Å². The van der Waals surface area contributed by atoms with Crippen LogP contribution in [0.2, 0.25) is 5.02 Å². The Morgan fingerprint density at radius 3 is 2.62 bits per heavy atom. The summed E-state index contributed by atoms with van der Waals surface area (Å²) in [6.45, 7) is 2.67. The fourth-order valence-corrected chi connectivity index (χ4v) is 2.21. The number of nitrogens with one attached hydrogen (secondary N) is 2. The summed E-state index contributed by atoms with van der Waals surface area (Å²) in [4.78, 5) is 13.5. The first-order valence-electron chi connectivity index (χ1n) is 7.30. The van der Waals surface area contributed by atoms with Crippen LogP contribution in [0.1, 0.15) is 25.3 Å². The van der Waals surface area contributed by atoms with Gasteiger partial charge in [0.1, 0.15) is 0 Å². The van der Waals surface area contributed by atoms with Gasteiger partial charge in [0.2, 0.25) is 5.91 Å². The molecule has 0 aliphatic carbocycles.